The number of benzene rings is 6. The van der Waals surface area contributed by atoms with Crippen molar-refractivity contribution >= 4 is 54.8 Å². The Morgan fingerprint density at radius 2 is 0.934 bits per heavy atom. The summed E-state index contributed by atoms with van der Waals surface area (Å²) in [5.41, 5.74) is 17.9. The molecule has 0 aliphatic carbocycles. The molecule has 0 bridgehead atoms. The van der Waals surface area contributed by atoms with Gasteiger partial charge in [0.1, 0.15) is 0 Å². The predicted molar refractivity (Wildman–Crippen MR) is 315 cm³/mol. The summed E-state index contributed by atoms with van der Waals surface area (Å²) >= 11 is 0. The van der Waals surface area contributed by atoms with Crippen molar-refractivity contribution in [2.24, 2.45) is 0 Å². The van der Waals surface area contributed by atoms with Crippen LogP contribution in [-0.4, -0.2) is 39.0 Å². The first kappa shape index (κ1) is 47.1. The van der Waals surface area contributed by atoms with Gasteiger partial charge in [-0.2, -0.15) is 0 Å². The lowest BCUT2D eigenvalue weighted by molar-refractivity contribution is 1.14. The standard InChI is InChI=1S/C68H52N8/c1-5-15-45(16-6-2)59-43-61(47-31-35-69-36-32-47)73-67(71-59)51-19-13-21-53(39-51)75-64-26-12-10-24-56(64)58-41-49(28-30-65(58)75)50-27-29-57-55-23-9-11-25-63(55)76(66(57)42-50)54-22-14-20-52(40-54)68-72-60(46(17-7-3)18-8-4)44-62(74-68)48-33-37-70-38-34-48/h5,7-44H,3,6H2,1-2,4H3/b15-5-,18-8-,45-16+,46-17+. The molecule has 0 unspecified atom stereocenters. The Morgan fingerprint density at radius 1 is 0.434 bits per heavy atom. The van der Waals surface area contributed by atoms with Crippen LogP contribution in [0.15, 0.2) is 244 Å². The van der Waals surface area contributed by atoms with E-state index in [1.54, 1.807) is 30.9 Å². The summed E-state index contributed by atoms with van der Waals surface area (Å²) < 4.78 is 4.73. The van der Waals surface area contributed by atoms with Gasteiger partial charge >= 0.3 is 0 Å². The number of para-hydroxylation sites is 2. The molecule has 364 valence electrons. The van der Waals surface area contributed by atoms with Gasteiger partial charge in [0.2, 0.25) is 0 Å². The average Bonchev–Trinajstić information content (AvgIpc) is 3.99. The minimum Gasteiger partial charge on any atom is -0.309 e. The van der Waals surface area contributed by atoms with Gasteiger partial charge in [-0.25, -0.2) is 19.9 Å². The molecule has 0 amide bonds. The number of pyridine rings is 2. The van der Waals surface area contributed by atoms with E-state index in [0.29, 0.717) is 11.6 Å². The zero-order valence-corrected chi connectivity index (χ0v) is 42.5. The van der Waals surface area contributed by atoms with Crippen molar-refractivity contribution < 1.29 is 0 Å². The van der Waals surface area contributed by atoms with Crippen LogP contribution >= 0.6 is 0 Å². The normalized spacial score (nSPS) is 12.3. The van der Waals surface area contributed by atoms with Crippen molar-refractivity contribution in [3.8, 4) is 67.8 Å². The highest BCUT2D eigenvalue weighted by molar-refractivity contribution is 6.12. The van der Waals surface area contributed by atoms with E-state index in [2.05, 4.69) is 196 Å². The van der Waals surface area contributed by atoms with Gasteiger partial charge in [-0.05, 0) is 134 Å². The average molecular weight is 981 g/mol. The summed E-state index contributed by atoms with van der Waals surface area (Å²) in [6.07, 6.45) is 22.3. The van der Waals surface area contributed by atoms with E-state index >= 15 is 0 Å². The number of rotatable bonds is 13. The molecule has 6 aromatic heterocycles. The van der Waals surface area contributed by atoms with Gasteiger partial charge in [-0.3, -0.25) is 9.97 Å². The number of hydrogen-bond donors (Lipinski definition) is 0. The van der Waals surface area contributed by atoms with Crippen LogP contribution in [0.2, 0.25) is 0 Å². The molecule has 0 radical (unpaired) electrons. The Balaban J connectivity index is 0.967. The van der Waals surface area contributed by atoms with E-state index in [1.807, 2.05) is 56.3 Å². The molecule has 12 aromatic rings. The van der Waals surface area contributed by atoms with Crippen molar-refractivity contribution in [2.75, 3.05) is 0 Å². The van der Waals surface area contributed by atoms with Crippen molar-refractivity contribution in [1.82, 2.24) is 39.0 Å². The van der Waals surface area contributed by atoms with Gasteiger partial charge in [-0.1, -0.05) is 135 Å². The number of hydrogen-bond acceptors (Lipinski definition) is 6. The zero-order chi connectivity index (χ0) is 51.5. The van der Waals surface area contributed by atoms with E-state index < -0.39 is 0 Å². The van der Waals surface area contributed by atoms with Crippen LogP contribution in [0.3, 0.4) is 0 Å². The topological polar surface area (TPSA) is 87.2 Å². The SMILES string of the molecule is C=C/C=C(\C=C/C)c1cc(-c2ccncc2)nc(-c2cccc(-n3c4ccccc4c4ccc(-c5ccc6c(c5)c5ccccc5n6-c5cccc(-c6nc(C(/C=C\C)=C/CC)cc(-c7ccncc7)n6)c5)cc43)c2)n1. The number of aromatic nitrogens is 8. The molecule has 0 N–H and O–H groups in total. The maximum absolute atomic E-state index is 5.20. The number of allylic oxidation sites excluding steroid dienone is 9. The summed E-state index contributed by atoms with van der Waals surface area (Å²) in [4.78, 5) is 29.2. The van der Waals surface area contributed by atoms with E-state index in [4.69, 9.17) is 19.9 Å². The van der Waals surface area contributed by atoms with Crippen LogP contribution in [-0.2, 0) is 0 Å². The Hall–Kier alpha value is -9.92. The summed E-state index contributed by atoms with van der Waals surface area (Å²) in [6, 6.07) is 60.2. The van der Waals surface area contributed by atoms with Crippen LogP contribution in [0.5, 0.6) is 0 Å². The van der Waals surface area contributed by atoms with E-state index in [0.717, 1.165) is 107 Å². The number of nitrogens with zero attached hydrogens (tertiary/aromatic N) is 8. The predicted octanol–water partition coefficient (Wildman–Crippen LogP) is 17.1. The number of fused-ring (bicyclic) bond motifs is 6. The molecule has 8 heteroatoms. The summed E-state index contributed by atoms with van der Waals surface area (Å²) in [6.45, 7) is 10.2. The van der Waals surface area contributed by atoms with E-state index in [9.17, 15) is 0 Å². The summed E-state index contributed by atoms with van der Waals surface area (Å²) in [7, 11) is 0. The second-order valence-corrected chi connectivity index (χ2v) is 18.6. The second kappa shape index (κ2) is 20.5. The molecule has 6 aromatic carbocycles. The fourth-order valence-electron chi connectivity index (χ4n) is 10.4. The molecule has 0 saturated heterocycles. The van der Waals surface area contributed by atoms with Crippen LogP contribution in [0.1, 0.15) is 38.6 Å². The fraction of sp³-hybridized carbons (Fsp3) is 0.0588. The van der Waals surface area contributed by atoms with Crippen LogP contribution in [0.25, 0.3) is 123 Å². The summed E-state index contributed by atoms with van der Waals surface area (Å²) in [5.74, 6) is 1.29. The zero-order valence-electron chi connectivity index (χ0n) is 42.5. The minimum absolute atomic E-state index is 0.627. The third-order valence-corrected chi connectivity index (χ3v) is 13.8. The Kier molecular flexibility index (Phi) is 12.7. The first-order valence-corrected chi connectivity index (χ1v) is 25.7. The lowest BCUT2D eigenvalue weighted by atomic mass is 10.0. The van der Waals surface area contributed by atoms with Gasteiger partial charge in [-0.15, -0.1) is 0 Å². The third-order valence-electron chi connectivity index (χ3n) is 13.8. The molecule has 0 atom stereocenters. The largest absolute Gasteiger partial charge is 0.309 e. The quantitative estimate of drug-likeness (QED) is 0.107. The highest BCUT2D eigenvalue weighted by Crippen LogP contribution is 2.40. The van der Waals surface area contributed by atoms with Gasteiger partial charge in [0.25, 0.3) is 0 Å². The van der Waals surface area contributed by atoms with Crippen LogP contribution < -0.4 is 0 Å². The molecular weight excluding hydrogens is 929 g/mol. The van der Waals surface area contributed by atoms with Crippen LogP contribution in [0, 0.1) is 0 Å². The molecule has 0 aliphatic heterocycles. The highest BCUT2D eigenvalue weighted by atomic mass is 15.0. The lowest BCUT2D eigenvalue weighted by Crippen LogP contribution is -1.99. The first-order valence-electron chi connectivity index (χ1n) is 25.7. The maximum Gasteiger partial charge on any atom is 0.160 e. The first-order chi connectivity index (χ1) is 37.5. The molecule has 0 aliphatic rings. The molecule has 0 saturated carbocycles. The highest BCUT2D eigenvalue weighted by Gasteiger charge is 2.19. The smallest absolute Gasteiger partial charge is 0.160 e. The lowest BCUT2D eigenvalue weighted by Gasteiger charge is -2.13. The fourth-order valence-corrected chi connectivity index (χ4v) is 10.4. The Bertz CT molecular complexity index is 4310. The van der Waals surface area contributed by atoms with Crippen molar-refractivity contribution in [2.45, 2.75) is 27.2 Å². The molecule has 0 spiro atoms. The maximum atomic E-state index is 5.20. The van der Waals surface area contributed by atoms with Gasteiger partial charge in [0, 0.05) is 80.0 Å². The van der Waals surface area contributed by atoms with Crippen molar-refractivity contribution in [3.05, 3.63) is 255 Å². The van der Waals surface area contributed by atoms with E-state index in [1.165, 1.54) is 21.5 Å². The molecule has 8 nitrogen and oxygen atoms in total. The Morgan fingerprint density at radius 3 is 1.51 bits per heavy atom. The van der Waals surface area contributed by atoms with Gasteiger partial charge in [0.15, 0.2) is 11.6 Å². The second-order valence-electron chi connectivity index (χ2n) is 18.6. The van der Waals surface area contributed by atoms with Crippen molar-refractivity contribution in [3.63, 3.8) is 0 Å². The van der Waals surface area contributed by atoms with Gasteiger partial charge < -0.3 is 9.13 Å². The molecular formula is C68H52N8. The molecule has 6 heterocycles. The third kappa shape index (κ3) is 8.81. The molecule has 12 rings (SSSR count). The molecule has 76 heavy (non-hydrogen) atoms. The van der Waals surface area contributed by atoms with E-state index in [-0.39, 0.29) is 0 Å². The van der Waals surface area contributed by atoms with Crippen LogP contribution in [0.4, 0.5) is 0 Å². The molecule has 0 fully saturated rings. The minimum atomic E-state index is 0.627. The van der Waals surface area contributed by atoms with Crippen molar-refractivity contribution in [1.29, 1.82) is 0 Å². The monoisotopic (exact) mass is 980 g/mol. The summed E-state index contributed by atoms with van der Waals surface area (Å²) in [5, 5.41) is 4.69. The Labute approximate surface area is 441 Å². The van der Waals surface area contributed by atoms with Gasteiger partial charge in [0.05, 0.1) is 44.8 Å².